The van der Waals surface area contributed by atoms with Gasteiger partial charge in [0.15, 0.2) is 0 Å². The lowest BCUT2D eigenvalue weighted by molar-refractivity contribution is -0.171. The molecule has 0 aliphatic heterocycles. The van der Waals surface area contributed by atoms with Gasteiger partial charge in [0.1, 0.15) is 0 Å². The third-order valence-corrected chi connectivity index (χ3v) is 7.41. The van der Waals surface area contributed by atoms with E-state index in [1.54, 1.807) is 0 Å². The van der Waals surface area contributed by atoms with Crippen molar-refractivity contribution in [2.75, 3.05) is 0 Å². The van der Waals surface area contributed by atoms with Crippen molar-refractivity contribution in [2.24, 2.45) is 46.2 Å². The maximum absolute atomic E-state index is 6.52. The molecule has 2 bridgehead atoms. The van der Waals surface area contributed by atoms with Gasteiger partial charge in [0.2, 0.25) is 0 Å². The molecule has 0 saturated heterocycles. The molecular weight excluding hydrogens is 230 g/mol. The smallest absolute Gasteiger partial charge is 0.00699 e. The van der Waals surface area contributed by atoms with Gasteiger partial charge in [-0.25, -0.2) is 0 Å². The normalized spacial score (nSPS) is 48.8. The number of rotatable bonds is 3. The van der Waals surface area contributed by atoms with Crippen LogP contribution in [0.2, 0.25) is 0 Å². The number of hydrogen-bond acceptors (Lipinski definition) is 1. The van der Waals surface area contributed by atoms with E-state index in [4.69, 9.17) is 5.73 Å². The molecule has 0 aromatic heterocycles. The Morgan fingerprint density at radius 3 is 2.32 bits per heavy atom. The van der Waals surface area contributed by atoms with Crippen LogP contribution in [0.5, 0.6) is 0 Å². The van der Waals surface area contributed by atoms with Gasteiger partial charge in [-0.3, -0.25) is 0 Å². The van der Waals surface area contributed by atoms with Crippen molar-refractivity contribution < 1.29 is 0 Å². The van der Waals surface area contributed by atoms with Crippen molar-refractivity contribution in [3.05, 3.63) is 0 Å². The van der Waals surface area contributed by atoms with Crippen molar-refractivity contribution in [1.29, 1.82) is 0 Å². The monoisotopic (exact) mass is 263 g/mol. The molecule has 2 N–H and O–H groups in total. The molecule has 4 aliphatic carbocycles. The second kappa shape index (κ2) is 4.23. The van der Waals surface area contributed by atoms with E-state index in [9.17, 15) is 0 Å². The Hall–Kier alpha value is -0.0400. The second-order valence-electron chi connectivity index (χ2n) is 9.24. The summed E-state index contributed by atoms with van der Waals surface area (Å²) < 4.78 is 0. The molecule has 1 heteroatoms. The van der Waals surface area contributed by atoms with E-state index >= 15 is 0 Å². The van der Waals surface area contributed by atoms with Gasteiger partial charge in [0, 0.05) is 6.04 Å². The Morgan fingerprint density at radius 1 is 1.05 bits per heavy atom. The van der Waals surface area contributed by atoms with Crippen molar-refractivity contribution >= 4 is 0 Å². The maximum atomic E-state index is 6.52. The van der Waals surface area contributed by atoms with E-state index in [0.29, 0.717) is 16.9 Å². The van der Waals surface area contributed by atoms with Gasteiger partial charge in [-0.05, 0) is 72.5 Å². The van der Waals surface area contributed by atoms with Crippen LogP contribution >= 0.6 is 0 Å². The predicted octanol–water partition coefficient (Wildman–Crippen LogP) is 4.46. The topological polar surface area (TPSA) is 26.0 Å². The van der Waals surface area contributed by atoms with Gasteiger partial charge in [-0.15, -0.1) is 0 Å². The first kappa shape index (κ1) is 13.9. The standard InChI is InChI=1S/C18H33N/c1-11(2)6-15(19)12-7-14-8-13-9-16(17(13,3)4)18(14,5)10-12/h11-16H,6-10,19H2,1-5H3/t12?,13-,14-,15+,16+,18-/m1/s1. The molecule has 4 saturated carbocycles. The molecule has 0 radical (unpaired) electrons. The Labute approximate surface area is 119 Å². The van der Waals surface area contributed by atoms with Crippen molar-refractivity contribution in [1.82, 2.24) is 0 Å². The van der Waals surface area contributed by atoms with Crippen LogP contribution in [-0.4, -0.2) is 6.04 Å². The van der Waals surface area contributed by atoms with Crippen molar-refractivity contribution in [3.63, 3.8) is 0 Å². The van der Waals surface area contributed by atoms with Crippen LogP contribution < -0.4 is 5.73 Å². The molecule has 4 aliphatic rings. The molecule has 0 amide bonds. The van der Waals surface area contributed by atoms with Crippen LogP contribution in [-0.2, 0) is 0 Å². The molecule has 6 atom stereocenters. The zero-order chi connectivity index (χ0) is 14.0. The van der Waals surface area contributed by atoms with Gasteiger partial charge >= 0.3 is 0 Å². The van der Waals surface area contributed by atoms with Crippen LogP contribution in [0.3, 0.4) is 0 Å². The average Bonchev–Trinajstić information content (AvgIpc) is 2.64. The third kappa shape index (κ3) is 1.91. The predicted molar refractivity (Wildman–Crippen MR) is 81.7 cm³/mol. The van der Waals surface area contributed by atoms with Crippen LogP contribution in [0.1, 0.15) is 66.7 Å². The SMILES string of the molecule is CC(C)C[C@H](N)C1C[C@@H]2C[C@@H]3C[C@@H](C3(C)C)[C@]2(C)C1. The summed E-state index contributed by atoms with van der Waals surface area (Å²) in [5.74, 6) is 4.51. The van der Waals surface area contributed by atoms with Crippen molar-refractivity contribution in [3.8, 4) is 0 Å². The summed E-state index contributed by atoms with van der Waals surface area (Å²) in [6.07, 6.45) is 7.04. The lowest BCUT2D eigenvalue weighted by Crippen LogP contribution is -2.59. The van der Waals surface area contributed by atoms with E-state index in [1.807, 2.05) is 0 Å². The fourth-order valence-corrected chi connectivity index (χ4v) is 6.18. The highest BCUT2D eigenvalue weighted by Gasteiger charge is 2.65. The van der Waals surface area contributed by atoms with Gasteiger partial charge in [-0.1, -0.05) is 34.6 Å². The summed E-state index contributed by atoms with van der Waals surface area (Å²) in [5, 5.41) is 0. The summed E-state index contributed by atoms with van der Waals surface area (Å²) in [6.45, 7) is 12.3. The zero-order valence-electron chi connectivity index (χ0n) is 13.6. The van der Waals surface area contributed by atoms with Gasteiger partial charge < -0.3 is 5.73 Å². The highest BCUT2D eigenvalue weighted by atomic mass is 14.7. The molecule has 1 unspecified atom stereocenters. The molecule has 0 aromatic rings. The second-order valence-corrected chi connectivity index (χ2v) is 9.24. The van der Waals surface area contributed by atoms with Crippen LogP contribution in [0.25, 0.3) is 0 Å². The molecule has 1 nitrogen and oxygen atoms in total. The fourth-order valence-electron chi connectivity index (χ4n) is 6.18. The minimum Gasteiger partial charge on any atom is -0.327 e. The molecule has 0 spiro atoms. The first-order chi connectivity index (χ1) is 8.75. The molecule has 0 aromatic carbocycles. The number of hydrogen-bond donors (Lipinski definition) is 1. The fraction of sp³-hybridized carbons (Fsp3) is 1.00. The summed E-state index contributed by atoms with van der Waals surface area (Å²) in [6, 6.07) is 0.447. The quantitative estimate of drug-likeness (QED) is 0.799. The van der Waals surface area contributed by atoms with E-state index < -0.39 is 0 Å². The summed E-state index contributed by atoms with van der Waals surface area (Å²) in [7, 11) is 0. The van der Waals surface area contributed by atoms with Crippen molar-refractivity contribution in [2.45, 2.75) is 72.8 Å². The minimum absolute atomic E-state index is 0.447. The lowest BCUT2D eigenvalue weighted by atomic mass is 9.39. The minimum atomic E-state index is 0.447. The Morgan fingerprint density at radius 2 is 1.74 bits per heavy atom. The highest BCUT2D eigenvalue weighted by molar-refractivity contribution is 5.14. The number of nitrogens with two attached hydrogens (primary N) is 1. The first-order valence-electron chi connectivity index (χ1n) is 8.50. The molecule has 110 valence electrons. The van der Waals surface area contributed by atoms with E-state index in [0.717, 1.165) is 29.6 Å². The van der Waals surface area contributed by atoms with E-state index in [2.05, 4.69) is 34.6 Å². The van der Waals surface area contributed by atoms with E-state index in [1.165, 1.54) is 32.1 Å². The molecule has 19 heavy (non-hydrogen) atoms. The van der Waals surface area contributed by atoms with Gasteiger partial charge in [-0.2, -0.15) is 0 Å². The molecule has 4 rings (SSSR count). The first-order valence-corrected chi connectivity index (χ1v) is 8.50. The average molecular weight is 263 g/mol. The lowest BCUT2D eigenvalue weighted by Gasteiger charge is -2.66. The molecule has 4 fully saturated rings. The van der Waals surface area contributed by atoms with E-state index in [-0.39, 0.29) is 0 Å². The third-order valence-electron chi connectivity index (χ3n) is 7.41. The van der Waals surface area contributed by atoms with Crippen LogP contribution in [0.15, 0.2) is 0 Å². The highest BCUT2D eigenvalue weighted by Crippen LogP contribution is 2.72. The summed E-state index contributed by atoms with van der Waals surface area (Å²) in [4.78, 5) is 0. The van der Waals surface area contributed by atoms with Crippen LogP contribution in [0, 0.1) is 40.4 Å². The Balaban J connectivity index is 1.74. The summed E-state index contributed by atoms with van der Waals surface area (Å²) in [5.41, 5.74) is 7.74. The van der Waals surface area contributed by atoms with Crippen LogP contribution in [0.4, 0.5) is 0 Å². The molecule has 0 heterocycles. The maximum Gasteiger partial charge on any atom is 0.00699 e. The zero-order valence-corrected chi connectivity index (χ0v) is 13.6. The summed E-state index contributed by atoms with van der Waals surface area (Å²) >= 11 is 0. The van der Waals surface area contributed by atoms with Gasteiger partial charge in [0.05, 0.1) is 0 Å². The Bertz CT molecular complexity index is 359. The van der Waals surface area contributed by atoms with Gasteiger partial charge in [0.25, 0.3) is 0 Å². The Kier molecular flexibility index (Phi) is 3.10. The molecular formula is C18H33N. The largest absolute Gasteiger partial charge is 0.327 e.